The minimum atomic E-state index is -4.08. The van der Waals surface area contributed by atoms with Crippen molar-refractivity contribution in [3.05, 3.63) is 41.5 Å². The van der Waals surface area contributed by atoms with Crippen molar-refractivity contribution < 1.29 is 25.2 Å². The predicted octanol–water partition coefficient (Wildman–Crippen LogP) is 1.84. The molecule has 28 heavy (non-hydrogen) atoms. The van der Waals surface area contributed by atoms with Crippen LogP contribution in [0.2, 0.25) is 0 Å². The van der Waals surface area contributed by atoms with E-state index in [-0.39, 0.29) is 17.1 Å². The fourth-order valence-corrected chi connectivity index (χ4v) is 5.95. The lowest BCUT2D eigenvalue weighted by Gasteiger charge is -2.41. The van der Waals surface area contributed by atoms with E-state index in [4.69, 9.17) is 18.6 Å². The Kier molecular flexibility index (Phi) is 4.47. The molecule has 4 rings (SSSR count). The first-order chi connectivity index (χ1) is 13.0. The molecule has 0 heterocycles. The highest BCUT2D eigenvalue weighted by Gasteiger charge is 2.51. The Labute approximate surface area is 164 Å². The number of fused-ring (bicyclic) bond motifs is 5. The van der Waals surface area contributed by atoms with Gasteiger partial charge in [-0.05, 0) is 65.6 Å². The average Bonchev–Trinajstić information content (AvgIpc) is 2.88. The van der Waals surface area contributed by atoms with Gasteiger partial charge in [-0.3, -0.25) is 4.18 Å². The quantitative estimate of drug-likeness (QED) is 0.765. The first kappa shape index (κ1) is 19.6. The standard InChI is InChI=1S/C18H22N2O6S2/c1-18-9-8-14-13-5-3-12(25-27(19,21)22)10-11(13)2-4-15(14)16(18)6-7-17(18)26-28(20,23)24/h2-5,10,16-17H,6-9H2,1H3,(H2,19,21,22)(H2,20,23,24)/t16-,17-,18-/m0/s1. The molecule has 2 aromatic carbocycles. The van der Waals surface area contributed by atoms with Gasteiger partial charge in [0, 0.05) is 5.41 Å². The highest BCUT2D eigenvalue weighted by Crippen LogP contribution is 2.57. The lowest BCUT2D eigenvalue weighted by molar-refractivity contribution is 0.0717. The van der Waals surface area contributed by atoms with Crippen molar-refractivity contribution in [1.82, 2.24) is 0 Å². The summed E-state index contributed by atoms with van der Waals surface area (Å²) in [4.78, 5) is 0. The highest BCUT2D eigenvalue weighted by atomic mass is 32.2. The van der Waals surface area contributed by atoms with E-state index in [0.29, 0.717) is 6.42 Å². The molecule has 10 heteroatoms. The molecule has 0 radical (unpaired) electrons. The summed E-state index contributed by atoms with van der Waals surface area (Å²) in [5.74, 6) is 0.339. The smallest absolute Gasteiger partial charge is 0.371 e. The van der Waals surface area contributed by atoms with Crippen LogP contribution in [0.5, 0.6) is 5.75 Å². The molecule has 2 aliphatic carbocycles. The van der Waals surface area contributed by atoms with E-state index in [0.717, 1.165) is 30.0 Å². The predicted molar refractivity (Wildman–Crippen MR) is 104 cm³/mol. The first-order valence-electron chi connectivity index (χ1n) is 8.95. The molecule has 0 spiro atoms. The molecule has 1 saturated carbocycles. The van der Waals surface area contributed by atoms with Crippen LogP contribution in [0.25, 0.3) is 10.8 Å². The second-order valence-corrected chi connectivity index (χ2v) is 10.1. The summed E-state index contributed by atoms with van der Waals surface area (Å²) in [6, 6.07) is 9.02. The van der Waals surface area contributed by atoms with Gasteiger partial charge in [0.25, 0.3) is 0 Å². The van der Waals surface area contributed by atoms with Gasteiger partial charge in [0.1, 0.15) is 5.75 Å². The molecule has 4 N–H and O–H groups in total. The van der Waals surface area contributed by atoms with Gasteiger partial charge in [-0.15, -0.1) is 0 Å². The molecule has 2 aromatic rings. The topological polar surface area (TPSA) is 139 Å². The lowest BCUT2D eigenvalue weighted by atomic mass is 9.65. The third-order valence-corrected chi connectivity index (χ3v) is 7.07. The zero-order valence-corrected chi connectivity index (χ0v) is 16.9. The van der Waals surface area contributed by atoms with E-state index < -0.39 is 26.7 Å². The average molecular weight is 427 g/mol. The molecule has 0 aromatic heterocycles. The van der Waals surface area contributed by atoms with Gasteiger partial charge in [0.05, 0.1) is 6.10 Å². The van der Waals surface area contributed by atoms with E-state index in [1.165, 1.54) is 11.1 Å². The number of rotatable bonds is 4. The van der Waals surface area contributed by atoms with Crippen LogP contribution >= 0.6 is 0 Å². The fraction of sp³-hybridized carbons (Fsp3) is 0.444. The minimum Gasteiger partial charge on any atom is -0.371 e. The molecule has 0 saturated heterocycles. The molecule has 1 fully saturated rings. The zero-order chi connectivity index (χ0) is 20.3. The molecule has 8 nitrogen and oxygen atoms in total. The van der Waals surface area contributed by atoms with Crippen molar-refractivity contribution >= 4 is 31.4 Å². The molecule has 0 unspecified atom stereocenters. The Morgan fingerprint density at radius 3 is 2.46 bits per heavy atom. The third kappa shape index (κ3) is 3.50. The van der Waals surface area contributed by atoms with E-state index >= 15 is 0 Å². The monoisotopic (exact) mass is 426 g/mol. The Balaban J connectivity index is 1.73. The summed E-state index contributed by atoms with van der Waals surface area (Å²) in [5, 5.41) is 11.9. The van der Waals surface area contributed by atoms with Crippen LogP contribution in [0, 0.1) is 5.41 Å². The van der Waals surface area contributed by atoms with Gasteiger partial charge in [0.15, 0.2) is 0 Å². The second-order valence-electron chi connectivity index (χ2n) is 7.81. The van der Waals surface area contributed by atoms with Gasteiger partial charge in [-0.25, -0.2) is 5.14 Å². The maximum atomic E-state index is 11.4. The first-order valence-corrected chi connectivity index (χ1v) is 11.9. The largest absolute Gasteiger partial charge is 0.380 e. The maximum absolute atomic E-state index is 11.4. The third-order valence-electron chi connectivity index (χ3n) is 6.14. The summed E-state index contributed by atoms with van der Waals surface area (Å²) in [7, 11) is -8.08. The van der Waals surface area contributed by atoms with Crippen molar-refractivity contribution in [2.45, 2.75) is 44.6 Å². The van der Waals surface area contributed by atoms with Crippen molar-refractivity contribution in [3.8, 4) is 5.75 Å². The van der Waals surface area contributed by atoms with Crippen LogP contribution in [-0.2, 0) is 31.2 Å². The maximum Gasteiger partial charge on any atom is 0.380 e. The molecular weight excluding hydrogens is 404 g/mol. The second kappa shape index (κ2) is 6.39. The highest BCUT2D eigenvalue weighted by molar-refractivity contribution is 7.84. The number of hydrogen-bond acceptors (Lipinski definition) is 6. The van der Waals surface area contributed by atoms with Crippen LogP contribution in [-0.4, -0.2) is 22.9 Å². The van der Waals surface area contributed by atoms with Gasteiger partial charge in [-0.2, -0.15) is 22.0 Å². The molecular formula is C18H22N2O6S2. The van der Waals surface area contributed by atoms with E-state index in [9.17, 15) is 16.8 Å². The van der Waals surface area contributed by atoms with Crippen LogP contribution in [0.1, 0.15) is 43.2 Å². The molecule has 0 amide bonds. The molecule has 0 bridgehead atoms. The molecule has 152 valence electrons. The van der Waals surface area contributed by atoms with Crippen molar-refractivity contribution in [3.63, 3.8) is 0 Å². The summed E-state index contributed by atoms with van der Waals surface area (Å²) in [5.41, 5.74) is 2.07. The van der Waals surface area contributed by atoms with Crippen molar-refractivity contribution in [2.24, 2.45) is 15.7 Å². The lowest BCUT2D eigenvalue weighted by Crippen LogP contribution is -2.39. The normalized spacial score (nSPS) is 27.4. The van der Waals surface area contributed by atoms with E-state index in [1.807, 2.05) is 18.2 Å². The van der Waals surface area contributed by atoms with Crippen molar-refractivity contribution in [2.75, 3.05) is 0 Å². The number of aryl methyl sites for hydroxylation is 1. The Morgan fingerprint density at radius 1 is 1.04 bits per heavy atom. The van der Waals surface area contributed by atoms with E-state index in [1.54, 1.807) is 12.1 Å². The number of hydrogen-bond donors (Lipinski definition) is 2. The number of benzene rings is 2. The van der Waals surface area contributed by atoms with Gasteiger partial charge in [0.2, 0.25) is 0 Å². The van der Waals surface area contributed by atoms with Crippen molar-refractivity contribution in [1.29, 1.82) is 0 Å². The molecule has 2 aliphatic rings. The fourth-order valence-electron chi connectivity index (χ4n) is 4.94. The molecule has 0 aliphatic heterocycles. The van der Waals surface area contributed by atoms with Gasteiger partial charge >= 0.3 is 20.6 Å². The van der Waals surface area contributed by atoms with E-state index in [2.05, 4.69) is 6.92 Å². The molecule has 3 atom stereocenters. The van der Waals surface area contributed by atoms with Gasteiger partial charge in [-0.1, -0.05) is 25.1 Å². The zero-order valence-electron chi connectivity index (χ0n) is 15.3. The Bertz CT molecular complexity index is 1160. The number of nitrogens with two attached hydrogens (primary N) is 2. The Morgan fingerprint density at radius 2 is 1.79 bits per heavy atom. The summed E-state index contributed by atoms with van der Waals surface area (Å²) in [6.07, 6.45) is 2.57. The van der Waals surface area contributed by atoms with Crippen LogP contribution in [0.4, 0.5) is 0 Å². The summed E-state index contributed by atoms with van der Waals surface area (Å²) < 4.78 is 55.2. The van der Waals surface area contributed by atoms with Crippen LogP contribution < -0.4 is 14.5 Å². The summed E-state index contributed by atoms with van der Waals surface area (Å²) in [6.45, 7) is 2.07. The van der Waals surface area contributed by atoms with Crippen LogP contribution in [0.15, 0.2) is 30.3 Å². The SMILES string of the molecule is C[C@]12CCc3c(ccc4cc(OS(N)(=O)=O)ccc34)[C@@H]1CC[C@@H]2OS(N)(=O)=O. The van der Waals surface area contributed by atoms with Gasteiger partial charge < -0.3 is 4.18 Å². The summed E-state index contributed by atoms with van der Waals surface area (Å²) >= 11 is 0. The minimum absolute atomic E-state index is 0.165. The Hall–Kier alpha value is -1.72. The van der Waals surface area contributed by atoms with Crippen LogP contribution in [0.3, 0.4) is 0 Å².